The lowest BCUT2D eigenvalue weighted by Crippen LogP contribution is -2.52. The van der Waals surface area contributed by atoms with Crippen LogP contribution in [0, 0.1) is 0 Å². The topological polar surface area (TPSA) is 40.1 Å². The van der Waals surface area contributed by atoms with E-state index < -0.39 is 0 Å². The van der Waals surface area contributed by atoms with Crippen LogP contribution in [0.25, 0.3) is 0 Å². The van der Waals surface area contributed by atoms with Crippen molar-refractivity contribution < 1.29 is 4.74 Å². The fraction of sp³-hybridized carbons (Fsp3) is 0.615. The van der Waals surface area contributed by atoms with Crippen LogP contribution in [0.15, 0.2) is 22.5 Å². The summed E-state index contributed by atoms with van der Waals surface area (Å²) in [5.41, 5.74) is 0. The average Bonchev–Trinajstić information content (AvgIpc) is 2.98. The fourth-order valence-corrected chi connectivity index (χ4v) is 2.97. The van der Waals surface area contributed by atoms with Gasteiger partial charge in [-0.15, -0.1) is 11.3 Å². The highest BCUT2D eigenvalue weighted by molar-refractivity contribution is 7.14. The van der Waals surface area contributed by atoms with Crippen molar-refractivity contribution in [2.24, 2.45) is 4.99 Å². The monoisotopic (exact) mass is 282 g/mol. The molecule has 0 spiro atoms. The van der Waals surface area contributed by atoms with Gasteiger partial charge in [-0.3, -0.25) is 4.99 Å². The molecular formula is C13H22N4OS. The predicted octanol–water partition coefficient (Wildman–Crippen LogP) is 1.09. The van der Waals surface area contributed by atoms with Crippen molar-refractivity contribution in [3.05, 3.63) is 17.5 Å². The molecule has 1 aromatic heterocycles. The van der Waals surface area contributed by atoms with E-state index in [1.807, 2.05) is 7.05 Å². The molecule has 1 saturated heterocycles. The molecule has 2 rings (SSSR count). The van der Waals surface area contributed by atoms with Gasteiger partial charge in [0.25, 0.3) is 0 Å². The largest absolute Gasteiger partial charge is 0.383 e. The van der Waals surface area contributed by atoms with Crippen molar-refractivity contribution in [3.8, 4) is 0 Å². The van der Waals surface area contributed by atoms with Crippen LogP contribution >= 0.6 is 11.3 Å². The molecule has 0 radical (unpaired) electrons. The van der Waals surface area contributed by atoms with Gasteiger partial charge in [0.15, 0.2) is 5.96 Å². The summed E-state index contributed by atoms with van der Waals surface area (Å²) in [4.78, 5) is 9.07. The first-order chi connectivity index (χ1) is 9.35. The van der Waals surface area contributed by atoms with Gasteiger partial charge in [-0.2, -0.15) is 0 Å². The zero-order valence-electron chi connectivity index (χ0n) is 11.6. The summed E-state index contributed by atoms with van der Waals surface area (Å²) in [6.07, 6.45) is 0. The summed E-state index contributed by atoms with van der Waals surface area (Å²) in [7, 11) is 3.55. The van der Waals surface area contributed by atoms with E-state index in [1.54, 1.807) is 18.4 Å². The zero-order chi connectivity index (χ0) is 13.5. The number of thiophene rings is 1. The maximum absolute atomic E-state index is 5.05. The third-order valence-electron chi connectivity index (χ3n) is 3.20. The molecule has 0 saturated carbocycles. The van der Waals surface area contributed by atoms with Crippen molar-refractivity contribution in [1.29, 1.82) is 0 Å². The molecule has 0 unspecified atom stereocenters. The van der Waals surface area contributed by atoms with Gasteiger partial charge in [-0.25, -0.2) is 0 Å². The van der Waals surface area contributed by atoms with Gasteiger partial charge in [-0.05, 0) is 17.5 Å². The first-order valence-corrected chi connectivity index (χ1v) is 7.46. The highest BCUT2D eigenvalue weighted by Gasteiger charge is 2.19. The number of methoxy groups -OCH3 is 1. The molecule has 6 heteroatoms. The van der Waals surface area contributed by atoms with Crippen LogP contribution in [0.5, 0.6) is 0 Å². The van der Waals surface area contributed by atoms with Crippen LogP contribution < -0.4 is 10.2 Å². The number of nitrogens with zero attached hydrogens (tertiary/aromatic N) is 3. The third-order valence-corrected chi connectivity index (χ3v) is 4.13. The predicted molar refractivity (Wildman–Crippen MR) is 81.3 cm³/mol. The van der Waals surface area contributed by atoms with Gasteiger partial charge >= 0.3 is 0 Å². The lowest BCUT2D eigenvalue weighted by Gasteiger charge is -2.37. The normalized spacial score (nSPS) is 16.8. The molecule has 1 aliphatic heterocycles. The molecule has 0 aromatic carbocycles. The Hall–Kier alpha value is -1.27. The minimum atomic E-state index is 0.703. The van der Waals surface area contributed by atoms with E-state index in [-0.39, 0.29) is 0 Å². The van der Waals surface area contributed by atoms with Crippen molar-refractivity contribution in [3.63, 3.8) is 0 Å². The SMILES string of the molecule is CN=C(NCCOC)N1CCN(c2cccs2)CC1. The highest BCUT2D eigenvalue weighted by atomic mass is 32.1. The Bertz CT molecular complexity index is 385. The van der Waals surface area contributed by atoms with Crippen molar-refractivity contribution in [2.45, 2.75) is 0 Å². The van der Waals surface area contributed by atoms with Crippen LogP contribution in [0.3, 0.4) is 0 Å². The molecule has 1 N–H and O–H groups in total. The molecule has 1 aliphatic rings. The lowest BCUT2D eigenvalue weighted by atomic mass is 10.3. The Kier molecular flexibility index (Phi) is 5.47. The summed E-state index contributed by atoms with van der Waals surface area (Å²) in [5.74, 6) is 0.975. The summed E-state index contributed by atoms with van der Waals surface area (Å²) < 4.78 is 5.05. The third kappa shape index (κ3) is 3.84. The molecule has 0 aliphatic carbocycles. The minimum Gasteiger partial charge on any atom is -0.383 e. The zero-order valence-corrected chi connectivity index (χ0v) is 12.4. The molecule has 5 nitrogen and oxygen atoms in total. The van der Waals surface area contributed by atoms with E-state index in [2.05, 4.69) is 37.6 Å². The van der Waals surface area contributed by atoms with Crippen LogP contribution in [-0.2, 0) is 4.74 Å². The Labute approximate surface area is 118 Å². The van der Waals surface area contributed by atoms with Gasteiger partial charge in [0.05, 0.1) is 11.6 Å². The highest BCUT2D eigenvalue weighted by Crippen LogP contribution is 2.22. The van der Waals surface area contributed by atoms with Crippen LogP contribution in [-0.4, -0.2) is 64.3 Å². The van der Waals surface area contributed by atoms with Crippen LogP contribution in [0.1, 0.15) is 0 Å². The Morgan fingerprint density at radius 1 is 1.42 bits per heavy atom. The molecule has 106 valence electrons. The standard InChI is InChI=1S/C13H22N4OS/c1-14-13(15-5-10-18-2)17-8-6-16(7-9-17)12-4-3-11-19-12/h3-4,11H,5-10H2,1-2H3,(H,14,15). The quantitative estimate of drug-likeness (QED) is 0.510. The summed E-state index contributed by atoms with van der Waals surface area (Å²) in [5, 5.41) is 6.82. The van der Waals surface area contributed by atoms with Gasteiger partial charge in [0, 0.05) is 46.9 Å². The number of anilines is 1. The Morgan fingerprint density at radius 2 is 2.21 bits per heavy atom. The molecule has 19 heavy (non-hydrogen) atoms. The number of hydrogen-bond acceptors (Lipinski definition) is 4. The Morgan fingerprint density at radius 3 is 2.79 bits per heavy atom. The number of ether oxygens (including phenoxy) is 1. The molecule has 1 aromatic rings. The number of hydrogen-bond donors (Lipinski definition) is 1. The van der Waals surface area contributed by atoms with Gasteiger partial charge in [0.1, 0.15) is 0 Å². The number of guanidine groups is 1. The first kappa shape index (κ1) is 14.1. The minimum absolute atomic E-state index is 0.703. The molecule has 0 amide bonds. The average molecular weight is 282 g/mol. The summed E-state index contributed by atoms with van der Waals surface area (Å²) in [6.45, 7) is 5.61. The number of aliphatic imine (C=N–C) groups is 1. The van der Waals surface area contributed by atoms with Gasteiger partial charge in [0.2, 0.25) is 0 Å². The number of nitrogens with one attached hydrogen (secondary N) is 1. The maximum Gasteiger partial charge on any atom is 0.193 e. The van der Waals surface area contributed by atoms with Crippen LogP contribution in [0.2, 0.25) is 0 Å². The summed E-state index contributed by atoms with van der Waals surface area (Å²) >= 11 is 1.81. The molecule has 0 atom stereocenters. The molecule has 0 bridgehead atoms. The first-order valence-electron chi connectivity index (χ1n) is 6.58. The van der Waals surface area contributed by atoms with Gasteiger partial charge < -0.3 is 19.9 Å². The van der Waals surface area contributed by atoms with Crippen LogP contribution in [0.4, 0.5) is 5.00 Å². The van der Waals surface area contributed by atoms with Crippen molar-refractivity contribution in [1.82, 2.24) is 10.2 Å². The Balaban J connectivity index is 1.81. The van der Waals surface area contributed by atoms with Gasteiger partial charge in [-0.1, -0.05) is 0 Å². The van der Waals surface area contributed by atoms with Crippen molar-refractivity contribution in [2.75, 3.05) is 58.4 Å². The second-order valence-corrected chi connectivity index (χ2v) is 5.32. The van der Waals surface area contributed by atoms with E-state index >= 15 is 0 Å². The van der Waals surface area contributed by atoms with Crippen molar-refractivity contribution >= 4 is 22.3 Å². The molecular weight excluding hydrogens is 260 g/mol. The fourth-order valence-electron chi connectivity index (χ4n) is 2.19. The smallest absolute Gasteiger partial charge is 0.193 e. The van der Waals surface area contributed by atoms with E-state index in [9.17, 15) is 0 Å². The molecule has 1 fully saturated rings. The summed E-state index contributed by atoms with van der Waals surface area (Å²) in [6, 6.07) is 4.30. The van der Waals surface area contributed by atoms with E-state index in [1.165, 1.54) is 5.00 Å². The number of rotatable bonds is 4. The number of piperazine rings is 1. The van der Waals surface area contributed by atoms with E-state index in [0.717, 1.165) is 38.7 Å². The van der Waals surface area contributed by atoms with E-state index in [4.69, 9.17) is 4.74 Å². The second-order valence-electron chi connectivity index (χ2n) is 4.39. The maximum atomic E-state index is 5.05. The second kappa shape index (κ2) is 7.35. The lowest BCUT2D eigenvalue weighted by molar-refractivity contribution is 0.202. The van der Waals surface area contributed by atoms with E-state index in [0.29, 0.717) is 6.61 Å². The molecule has 2 heterocycles.